The van der Waals surface area contributed by atoms with Crippen molar-refractivity contribution in [2.45, 2.75) is 30.9 Å². The maximum absolute atomic E-state index is 10.9. The van der Waals surface area contributed by atoms with Crippen LogP contribution in [0.5, 0.6) is 0 Å². The van der Waals surface area contributed by atoms with Crippen LogP contribution in [0.25, 0.3) is 11.2 Å². The monoisotopic (exact) mass is 451 g/mol. The van der Waals surface area contributed by atoms with E-state index in [1.165, 1.54) is 12.7 Å². The van der Waals surface area contributed by atoms with E-state index in [0.29, 0.717) is 17.0 Å². The van der Waals surface area contributed by atoms with E-state index in [4.69, 9.17) is 14.5 Å². The molecule has 1 aromatic carbocycles. The number of phosphoric acid groups is 1. The van der Waals surface area contributed by atoms with Crippen LogP contribution < -0.4 is 5.32 Å². The van der Waals surface area contributed by atoms with Crippen LogP contribution in [0.3, 0.4) is 0 Å². The van der Waals surface area contributed by atoms with Crippen molar-refractivity contribution in [3.8, 4) is 0 Å². The summed E-state index contributed by atoms with van der Waals surface area (Å²) >= 11 is 0. The number of phosphoric ester groups is 1. The van der Waals surface area contributed by atoms with Gasteiger partial charge in [-0.1, -0.05) is 30.3 Å². The van der Waals surface area contributed by atoms with E-state index in [9.17, 15) is 14.8 Å². The van der Waals surface area contributed by atoms with E-state index < -0.39 is 38.9 Å². The summed E-state index contributed by atoms with van der Waals surface area (Å²) in [6.45, 7) is -0.610. The highest BCUT2D eigenvalue weighted by Gasteiger charge is 2.37. The van der Waals surface area contributed by atoms with E-state index in [2.05, 4.69) is 24.8 Å². The lowest BCUT2D eigenvalue weighted by molar-refractivity contribution is -0.0424. The summed E-state index contributed by atoms with van der Waals surface area (Å²) in [5.41, 5.74) is 1.77. The summed E-state index contributed by atoms with van der Waals surface area (Å²) in [5.74, 6) is 0.423. The van der Waals surface area contributed by atoms with Crippen LogP contribution in [-0.4, -0.2) is 64.9 Å². The van der Waals surface area contributed by atoms with Gasteiger partial charge in [-0.05, 0) is 5.56 Å². The fraction of sp³-hybridized carbons (Fsp3) is 0.389. The number of rotatable bonds is 8. The number of fused-ring (bicyclic) bond motifs is 1. The van der Waals surface area contributed by atoms with Crippen LogP contribution in [0.2, 0.25) is 0 Å². The molecule has 0 spiro atoms. The lowest BCUT2D eigenvalue weighted by atomic mass is 10.1. The molecule has 1 saturated heterocycles. The van der Waals surface area contributed by atoms with E-state index in [1.54, 1.807) is 4.57 Å². The number of nitrogens with one attached hydrogen (secondary N) is 1. The molecule has 0 saturated carbocycles. The average Bonchev–Trinajstić information content (AvgIpc) is 3.34. The van der Waals surface area contributed by atoms with Crippen LogP contribution in [0.1, 0.15) is 24.3 Å². The number of aliphatic hydroxyl groups is 2. The first-order chi connectivity index (χ1) is 14.9. The number of imidazole rings is 1. The molecule has 0 amide bonds. The molecule has 3 heterocycles. The predicted octanol–water partition coefficient (Wildman–Crippen LogP) is 0.729. The van der Waals surface area contributed by atoms with E-state index in [1.807, 2.05) is 30.3 Å². The Bertz CT molecular complexity index is 1080. The van der Waals surface area contributed by atoms with Gasteiger partial charge in [0.25, 0.3) is 0 Å². The minimum atomic E-state index is -4.67. The molecule has 0 aliphatic carbocycles. The highest BCUT2D eigenvalue weighted by atomic mass is 31.2. The smallest absolute Gasteiger partial charge is 0.394 e. The van der Waals surface area contributed by atoms with Crippen molar-refractivity contribution in [3.05, 3.63) is 48.5 Å². The molecule has 1 aliphatic rings. The van der Waals surface area contributed by atoms with Crippen molar-refractivity contribution in [3.63, 3.8) is 0 Å². The second-order valence-corrected chi connectivity index (χ2v) is 8.29. The van der Waals surface area contributed by atoms with Gasteiger partial charge in [-0.2, -0.15) is 0 Å². The molecule has 31 heavy (non-hydrogen) atoms. The number of aromatic nitrogens is 4. The zero-order valence-electron chi connectivity index (χ0n) is 16.2. The molecule has 1 aliphatic heterocycles. The zero-order valence-corrected chi connectivity index (χ0v) is 17.1. The third-order valence-electron chi connectivity index (χ3n) is 4.98. The van der Waals surface area contributed by atoms with Crippen molar-refractivity contribution in [2.75, 3.05) is 18.5 Å². The lowest BCUT2D eigenvalue weighted by Gasteiger charge is -2.18. The van der Waals surface area contributed by atoms with Gasteiger partial charge < -0.3 is 30.1 Å². The lowest BCUT2D eigenvalue weighted by Crippen LogP contribution is -2.25. The molecule has 4 atom stereocenters. The third-order valence-corrected chi connectivity index (χ3v) is 5.46. The van der Waals surface area contributed by atoms with Crippen LogP contribution in [0, 0.1) is 0 Å². The van der Waals surface area contributed by atoms with E-state index in [-0.39, 0.29) is 13.0 Å². The van der Waals surface area contributed by atoms with Crippen LogP contribution >= 0.6 is 7.82 Å². The van der Waals surface area contributed by atoms with Gasteiger partial charge in [0.15, 0.2) is 17.0 Å². The molecule has 2 aromatic heterocycles. The maximum atomic E-state index is 10.9. The highest BCUT2D eigenvalue weighted by Crippen LogP contribution is 2.38. The Hall–Kier alpha value is -2.44. The van der Waals surface area contributed by atoms with Gasteiger partial charge in [-0.3, -0.25) is 9.09 Å². The number of nitrogens with zero attached hydrogens (tertiary/aromatic N) is 4. The minimum Gasteiger partial charge on any atom is -0.394 e. The van der Waals surface area contributed by atoms with Gasteiger partial charge in [0.05, 0.1) is 31.7 Å². The van der Waals surface area contributed by atoms with Crippen molar-refractivity contribution >= 4 is 24.8 Å². The fourth-order valence-electron chi connectivity index (χ4n) is 3.46. The second kappa shape index (κ2) is 8.97. The topological polar surface area (TPSA) is 172 Å². The van der Waals surface area contributed by atoms with Gasteiger partial charge in [0, 0.05) is 6.42 Å². The molecule has 0 bridgehead atoms. The first-order valence-corrected chi connectivity index (χ1v) is 11.0. The van der Waals surface area contributed by atoms with Gasteiger partial charge in [-0.25, -0.2) is 19.5 Å². The van der Waals surface area contributed by atoms with Gasteiger partial charge in [-0.15, -0.1) is 0 Å². The second-order valence-electron chi connectivity index (χ2n) is 7.06. The van der Waals surface area contributed by atoms with Crippen molar-refractivity contribution in [1.29, 1.82) is 0 Å². The molecule has 166 valence electrons. The SMILES string of the molecule is O=P(O)(O)OCC1OC(n2cnc3c(NC(CO)c4ccccc4)ncnc32)CC1O. The van der Waals surface area contributed by atoms with Gasteiger partial charge >= 0.3 is 7.82 Å². The van der Waals surface area contributed by atoms with Crippen molar-refractivity contribution in [2.24, 2.45) is 0 Å². The van der Waals surface area contributed by atoms with E-state index in [0.717, 1.165) is 5.56 Å². The highest BCUT2D eigenvalue weighted by molar-refractivity contribution is 7.46. The Morgan fingerprint density at radius 1 is 1.26 bits per heavy atom. The van der Waals surface area contributed by atoms with Gasteiger partial charge in [0.1, 0.15) is 18.7 Å². The maximum Gasteiger partial charge on any atom is 0.469 e. The Balaban J connectivity index is 1.54. The minimum absolute atomic E-state index is 0.157. The Kier molecular flexibility index (Phi) is 6.30. The summed E-state index contributed by atoms with van der Waals surface area (Å²) in [7, 11) is -4.67. The summed E-state index contributed by atoms with van der Waals surface area (Å²) in [5, 5.41) is 23.2. The fourth-order valence-corrected chi connectivity index (χ4v) is 3.80. The van der Waals surface area contributed by atoms with Crippen LogP contribution in [0.4, 0.5) is 5.82 Å². The van der Waals surface area contributed by atoms with Crippen LogP contribution in [0.15, 0.2) is 43.0 Å². The molecular formula is C18H22N5O7P. The van der Waals surface area contributed by atoms with Crippen molar-refractivity contribution < 1.29 is 33.8 Å². The summed E-state index contributed by atoms with van der Waals surface area (Å²) in [6, 6.07) is 9.01. The number of aliphatic hydroxyl groups excluding tert-OH is 2. The summed E-state index contributed by atoms with van der Waals surface area (Å²) in [4.78, 5) is 30.6. The first kappa shape index (κ1) is 21.8. The summed E-state index contributed by atoms with van der Waals surface area (Å²) in [6.07, 6.45) is 0.455. The molecule has 3 aromatic rings. The molecule has 4 unspecified atom stereocenters. The number of hydrogen-bond donors (Lipinski definition) is 5. The van der Waals surface area contributed by atoms with Crippen molar-refractivity contribution in [1.82, 2.24) is 19.5 Å². The molecule has 12 nitrogen and oxygen atoms in total. The van der Waals surface area contributed by atoms with Crippen LogP contribution in [-0.2, 0) is 13.8 Å². The summed E-state index contributed by atoms with van der Waals surface area (Å²) < 4.78 is 22.7. The zero-order chi connectivity index (χ0) is 22.0. The normalized spacial score (nSPS) is 22.6. The number of benzene rings is 1. The van der Waals surface area contributed by atoms with Gasteiger partial charge in [0.2, 0.25) is 0 Å². The molecule has 1 fully saturated rings. The Morgan fingerprint density at radius 3 is 2.74 bits per heavy atom. The average molecular weight is 451 g/mol. The molecular weight excluding hydrogens is 429 g/mol. The number of anilines is 1. The third kappa shape index (κ3) is 4.91. The molecule has 0 radical (unpaired) electrons. The predicted molar refractivity (Wildman–Crippen MR) is 108 cm³/mol. The molecule has 5 N–H and O–H groups in total. The quantitative estimate of drug-likeness (QED) is 0.306. The Morgan fingerprint density at radius 2 is 2.03 bits per heavy atom. The largest absolute Gasteiger partial charge is 0.469 e. The molecule has 4 rings (SSSR count). The first-order valence-electron chi connectivity index (χ1n) is 9.49. The molecule has 13 heteroatoms. The van der Waals surface area contributed by atoms with E-state index >= 15 is 0 Å². The number of hydrogen-bond acceptors (Lipinski definition) is 9. The number of ether oxygens (including phenoxy) is 1. The standard InChI is InChI=1S/C18H22N5O7P/c24-7-12(11-4-2-1-3-5-11)22-17-16-18(20-9-19-17)23(10-21-16)15-6-13(25)14(30-15)8-29-31(26,27)28/h1-5,9-10,12-15,24-25H,6-8H2,(H,19,20,22)(H2,26,27,28). The Labute approximate surface area is 176 Å².